The smallest absolute Gasteiger partial charge is 0.226 e. The lowest BCUT2D eigenvalue weighted by Gasteiger charge is -2.08. The van der Waals surface area contributed by atoms with Crippen LogP contribution >= 0.6 is 0 Å². The first-order valence-corrected chi connectivity index (χ1v) is 5.77. The van der Waals surface area contributed by atoms with Crippen LogP contribution in [0.5, 0.6) is 17.5 Å². The number of ether oxygens (including phenoxy) is 2. The highest BCUT2D eigenvalue weighted by Gasteiger charge is 2.15. The van der Waals surface area contributed by atoms with Crippen LogP contribution in [0, 0.1) is 29.3 Å². The lowest BCUT2D eigenvalue weighted by atomic mass is 10.3. The fourth-order valence-corrected chi connectivity index (χ4v) is 1.37. The average molecular weight is 294 g/mol. The third-order valence-electron chi connectivity index (χ3n) is 2.26. The first-order valence-electron chi connectivity index (χ1n) is 5.77. The molecular weight excluding hydrogens is 285 g/mol. The SMILES string of the molecule is CC#CCOc1cc(Oc2c(F)cc(F)cc2F)ncn1. The van der Waals surface area contributed by atoms with E-state index in [1.165, 1.54) is 6.07 Å². The molecule has 0 amide bonds. The summed E-state index contributed by atoms with van der Waals surface area (Å²) in [7, 11) is 0. The van der Waals surface area contributed by atoms with Crippen molar-refractivity contribution in [3.05, 3.63) is 42.0 Å². The van der Waals surface area contributed by atoms with Crippen LogP contribution in [0.4, 0.5) is 13.2 Å². The summed E-state index contributed by atoms with van der Waals surface area (Å²) in [6.45, 7) is 1.75. The normalized spacial score (nSPS) is 9.71. The van der Waals surface area contributed by atoms with Crippen LogP contribution in [0.1, 0.15) is 6.92 Å². The third-order valence-corrected chi connectivity index (χ3v) is 2.26. The molecule has 0 N–H and O–H groups in total. The summed E-state index contributed by atoms with van der Waals surface area (Å²) in [4.78, 5) is 7.47. The molecule has 21 heavy (non-hydrogen) atoms. The van der Waals surface area contributed by atoms with E-state index in [4.69, 9.17) is 9.47 Å². The lowest BCUT2D eigenvalue weighted by Crippen LogP contribution is -1.99. The molecule has 0 atom stereocenters. The lowest BCUT2D eigenvalue weighted by molar-refractivity contribution is 0.345. The molecule has 7 heteroatoms. The third kappa shape index (κ3) is 3.86. The summed E-state index contributed by atoms with van der Waals surface area (Å²) in [6, 6.07) is 2.25. The molecule has 1 aromatic carbocycles. The Labute approximate surface area is 118 Å². The molecule has 2 aromatic rings. The quantitative estimate of drug-likeness (QED) is 0.813. The Morgan fingerprint density at radius 3 is 2.38 bits per heavy atom. The summed E-state index contributed by atoms with van der Waals surface area (Å²) in [6.07, 6.45) is 1.10. The number of aromatic nitrogens is 2. The highest BCUT2D eigenvalue weighted by molar-refractivity contribution is 5.31. The summed E-state index contributed by atoms with van der Waals surface area (Å²) in [5.74, 6) is 1.12. The topological polar surface area (TPSA) is 44.2 Å². The first-order chi connectivity index (χ1) is 10.1. The van der Waals surface area contributed by atoms with E-state index in [0.717, 1.165) is 6.33 Å². The molecular formula is C14H9F3N2O2. The van der Waals surface area contributed by atoms with Gasteiger partial charge in [0.15, 0.2) is 18.2 Å². The van der Waals surface area contributed by atoms with Gasteiger partial charge in [0.25, 0.3) is 0 Å². The summed E-state index contributed by atoms with van der Waals surface area (Å²) >= 11 is 0. The van der Waals surface area contributed by atoms with Crippen LogP contribution in [-0.2, 0) is 0 Å². The van der Waals surface area contributed by atoms with Gasteiger partial charge in [-0.25, -0.2) is 23.1 Å². The Bertz CT molecular complexity index is 688. The van der Waals surface area contributed by atoms with Crippen molar-refractivity contribution in [1.82, 2.24) is 9.97 Å². The van der Waals surface area contributed by atoms with Gasteiger partial charge in [0.1, 0.15) is 12.1 Å². The van der Waals surface area contributed by atoms with Crippen LogP contribution < -0.4 is 9.47 Å². The van der Waals surface area contributed by atoms with Gasteiger partial charge in [-0.05, 0) is 6.92 Å². The molecule has 0 bridgehead atoms. The minimum absolute atomic E-state index is 0.103. The fourth-order valence-electron chi connectivity index (χ4n) is 1.37. The maximum atomic E-state index is 13.4. The van der Waals surface area contributed by atoms with Gasteiger partial charge in [-0.1, -0.05) is 5.92 Å². The van der Waals surface area contributed by atoms with Gasteiger partial charge in [0, 0.05) is 12.1 Å². The van der Waals surface area contributed by atoms with Gasteiger partial charge < -0.3 is 9.47 Å². The summed E-state index contributed by atoms with van der Waals surface area (Å²) < 4.78 is 49.8. The van der Waals surface area contributed by atoms with Crippen molar-refractivity contribution in [2.24, 2.45) is 0 Å². The van der Waals surface area contributed by atoms with Crippen LogP contribution in [0.3, 0.4) is 0 Å². The minimum Gasteiger partial charge on any atom is -0.464 e. The van der Waals surface area contributed by atoms with Crippen molar-refractivity contribution in [3.8, 4) is 29.4 Å². The second-order valence-electron chi connectivity index (χ2n) is 3.71. The molecule has 0 radical (unpaired) electrons. The predicted molar refractivity (Wildman–Crippen MR) is 67.4 cm³/mol. The number of nitrogens with zero attached hydrogens (tertiary/aromatic N) is 2. The van der Waals surface area contributed by atoms with E-state index in [-0.39, 0.29) is 18.4 Å². The Morgan fingerprint density at radius 2 is 1.71 bits per heavy atom. The standard InChI is InChI=1S/C14H9F3N2O2/c1-2-3-4-20-12-7-13(19-8-18-12)21-14-10(16)5-9(15)6-11(14)17/h5-8H,4H2,1H3. The van der Waals surface area contributed by atoms with Gasteiger partial charge >= 0.3 is 0 Å². The van der Waals surface area contributed by atoms with Gasteiger partial charge in [0.05, 0.1) is 6.07 Å². The number of hydrogen-bond donors (Lipinski definition) is 0. The van der Waals surface area contributed by atoms with Crippen molar-refractivity contribution in [1.29, 1.82) is 0 Å². The monoisotopic (exact) mass is 294 g/mol. The van der Waals surface area contributed by atoms with E-state index >= 15 is 0 Å². The Kier molecular flexibility index (Phi) is 4.61. The first kappa shape index (κ1) is 14.7. The van der Waals surface area contributed by atoms with Crippen molar-refractivity contribution < 1.29 is 22.6 Å². The maximum absolute atomic E-state index is 13.4. The molecule has 0 spiro atoms. The molecule has 0 aliphatic heterocycles. The number of rotatable bonds is 4. The van der Waals surface area contributed by atoms with E-state index in [2.05, 4.69) is 21.8 Å². The Balaban J connectivity index is 2.19. The van der Waals surface area contributed by atoms with Crippen LogP contribution in [0.15, 0.2) is 24.5 Å². The highest BCUT2D eigenvalue weighted by Crippen LogP contribution is 2.28. The van der Waals surface area contributed by atoms with E-state index in [1.54, 1.807) is 6.92 Å². The second-order valence-corrected chi connectivity index (χ2v) is 3.71. The molecule has 1 aromatic heterocycles. The second kappa shape index (κ2) is 6.61. The molecule has 0 saturated heterocycles. The molecule has 1 heterocycles. The van der Waals surface area contributed by atoms with Crippen molar-refractivity contribution in [2.75, 3.05) is 6.61 Å². The molecule has 0 aliphatic carbocycles. The zero-order chi connectivity index (χ0) is 15.2. The van der Waals surface area contributed by atoms with Crippen molar-refractivity contribution >= 4 is 0 Å². The molecule has 2 rings (SSSR count). The molecule has 4 nitrogen and oxygen atoms in total. The molecule has 0 saturated carbocycles. The van der Waals surface area contributed by atoms with Gasteiger partial charge in [-0.2, -0.15) is 0 Å². The molecule has 108 valence electrons. The Hall–Kier alpha value is -2.75. The van der Waals surface area contributed by atoms with E-state index in [9.17, 15) is 13.2 Å². The van der Waals surface area contributed by atoms with Crippen molar-refractivity contribution in [3.63, 3.8) is 0 Å². The summed E-state index contributed by atoms with van der Waals surface area (Å²) in [5.41, 5.74) is 0. The van der Waals surface area contributed by atoms with Gasteiger partial charge in [-0.3, -0.25) is 0 Å². The molecule has 0 aliphatic rings. The predicted octanol–water partition coefficient (Wildman–Crippen LogP) is 3.09. The fraction of sp³-hybridized carbons (Fsp3) is 0.143. The number of benzene rings is 1. The zero-order valence-electron chi connectivity index (χ0n) is 10.9. The molecule has 0 fully saturated rings. The number of halogens is 3. The van der Waals surface area contributed by atoms with Crippen molar-refractivity contribution in [2.45, 2.75) is 6.92 Å². The van der Waals surface area contributed by atoms with E-state index in [0.29, 0.717) is 12.1 Å². The van der Waals surface area contributed by atoms with Gasteiger partial charge in [0.2, 0.25) is 17.5 Å². The van der Waals surface area contributed by atoms with Gasteiger partial charge in [-0.15, -0.1) is 5.92 Å². The molecule has 0 unspecified atom stereocenters. The van der Waals surface area contributed by atoms with Crippen LogP contribution in [-0.4, -0.2) is 16.6 Å². The summed E-state index contributed by atoms with van der Waals surface area (Å²) in [5, 5.41) is 0. The Morgan fingerprint density at radius 1 is 1.05 bits per heavy atom. The average Bonchev–Trinajstić information content (AvgIpc) is 2.44. The maximum Gasteiger partial charge on any atom is 0.226 e. The van der Waals surface area contributed by atoms with E-state index in [1.807, 2.05) is 0 Å². The van der Waals surface area contributed by atoms with Crippen LogP contribution in [0.2, 0.25) is 0 Å². The zero-order valence-corrected chi connectivity index (χ0v) is 10.9. The largest absolute Gasteiger partial charge is 0.464 e. The van der Waals surface area contributed by atoms with Crippen LogP contribution in [0.25, 0.3) is 0 Å². The van der Waals surface area contributed by atoms with E-state index < -0.39 is 23.2 Å². The highest BCUT2D eigenvalue weighted by atomic mass is 19.1. The number of hydrogen-bond acceptors (Lipinski definition) is 4. The minimum atomic E-state index is -1.18.